The number of Topliss-reactive ketones (excluding diaryl/α,β-unsaturated/α-hetero) is 1. The summed E-state index contributed by atoms with van der Waals surface area (Å²) in [5.41, 5.74) is 5.37. The van der Waals surface area contributed by atoms with Gasteiger partial charge in [0.15, 0.2) is 12.1 Å². The highest BCUT2D eigenvalue weighted by atomic mass is 16.6. The van der Waals surface area contributed by atoms with Gasteiger partial charge in [0.1, 0.15) is 64.8 Å². The van der Waals surface area contributed by atoms with Crippen LogP contribution < -0.4 is 46.1 Å². The SMILES string of the molecule is CCCC(NC(=O)[C@H]1Cc2cccc(c2)Oc2ccc(cc2)CCC(=O)N[C@@H](C2CCCCC2)C(=O)O1)C(=O)C(=O)NCC(=O)N[C@H](C(=O)OC(C)(C)C)c1ccccc1.O=C1CCc2ccc(cc2)Oc2cccc(c2)C[C@H](C(=O)O)OC(=O)[C@H](C2CCCCC2)N1.O=C1CCc2ccc(cc2)Oc2cccc(c2)C[C@H](C(=O)OCc2ccccc2)OC(=O)[C@H](C2CCCCC2)N1. The van der Waals surface area contributed by atoms with Gasteiger partial charge < -0.3 is 74.9 Å². The fourth-order valence-electron chi connectivity index (χ4n) is 17.2. The molecule has 17 rings (SSSR count). The van der Waals surface area contributed by atoms with Crippen molar-refractivity contribution in [1.82, 2.24) is 31.9 Å². The minimum Gasteiger partial charge on any atom is -0.478 e. The third-order valence-corrected chi connectivity index (χ3v) is 24.2. The first-order valence-electron chi connectivity index (χ1n) is 46.4. The van der Waals surface area contributed by atoms with Crippen molar-refractivity contribution in [2.75, 3.05) is 6.54 Å². The maximum Gasteiger partial charge on any atom is 0.348 e. The number of aliphatic carboxylic acids is 1. The number of ether oxygens (including phenoxy) is 8. The largest absolute Gasteiger partial charge is 0.478 e. The van der Waals surface area contributed by atoms with E-state index in [4.69, 9.17) is 37.9 Å². The lowest BCUT2D eigenvalue weighted by atomic mass is 9.83. The van der Waals surface area contributed by atoms with Gasteiger partial charge in [-0.15, -0.1) is 0 Å². The van der Waals surface area contributed by atoms with Crippen molar-refractivity contribution in [2.24, 2.45) is 17.8 Å². The van der Waals surface area contributed by atoms with Gasteiger partial charge in [0.2, 0.25) is 41.6 Å². The van der Waals surface area contributed by atoms with Gasteiger partial charge >= 0.3 is 35.8 Å². The summed E-state index contributed by atoms with van der Waals surface area (Å²) in [7, 11) is 0. The normalized spacial score (nSPS) is 20.2. The number of hydrogen-bond acceptors (Lipinski definition) is 21. The zero-order valence-corrected chi connectivity index (χ0v) is 75.8. The molecule has 6 heterocycles. The third kappa shape index (κ3) is 31.1. The van der Waals surface area contributed by atoms with Gasteiger partial charge in [-0.1, -0.05) is 205 Å². The van der Waals surface area contributed by atoms with Crippen LogP contribution in [0.5, 0.6) is 34.5 Å². The lowest BCUT2D eigenvalue weighted by molar-refractivity contribution is -0.171. The minimum absolute atomic E-state index is 0.00252. The fraction of sp³-hybridized carbons (Fsp3) is 0.419. The lowest BCUT2D eigenvalue weighted by Gasteiger charge is -2.31. The van der Waals surface area contributed by atoms with Gasteiger partial charge in [-0.3, -0.25) is 33.6 Å². The molecule has 28 nitrogen and oxygen atoms in total. The molecular formula is C105H120N6O22. The number of carbonyl (C=O) groups is 13. The summed E-state index contributed by atoms with van der Waals surface area (Å²) in [6.07, 6.45) is 12.1. The number of carbonyl (C=O) groups excluding carboxylic acids is 12. The smallest absolute Gasteiger partial charge is 0.348 e. The van der Waals surface area contributed by atoms with Crippen LogP contribution in [0.4, 0.5) is 0 Å². The molecule has 6 amide bonds. The number of rotatable bonds is 18. The van der Waals surface area contributed by atoms with Crippen molar-refractivity contribution < 1.29 is 105 Å². The monoisotopic (exact) mass is 1820 g/mol. The summed E-state index contributed by atoms with van der Waals surface area (Å²) in [6.45, 7) is 6.27. The van der Waals surface area contributed by atoms with Gasteiger partial charge in [0.05, 0.1) is 12.6 Å². The molecule has 6 aliphatic heterocycles. The highest BCUT2D eigenvalue weighted by Gasteiger charge is 2.41. The Kier molecular flexibility index (Phi) is 36.4. The number of fused-ring (bicyclic) bond motifs is 30. The van der Waals surface area contributed by atoms with Crippen LogP contribution in [0.3, 0.4) is 0 Å². The Bertz CT molecular complexity index is 5300. The van der Waals surface area contributed by atoms with E-state index < -0.39 is 120 Å². The van der Waals surface area contributed by atoms with Crippen LogP contribution in [0.1, 0.15) is 207 Å². The van der Waals surface area contributed by atoms with E-state index >= 15 is 0 Å². The van der Waals surface area contributed by atoms with Crippen molar-refractivity contribution >= 4 is 77.0 Å². The van der Waals surface area contributed by atoms with Crippen LogP contribution in [0, 0.1) is 17.8 Å². The van der Waals surface area contributed by atoms with Gasteiger partial charge in [-0.2, -0.15) is 0 Å². The van der Waals surface area contributed by atoms with E-state index in [2.05, 4.69) is 31.9 Å². The van der Waals surface area contributed by atoms with E-state index in [-0.39, 0.29) is 87.0 Å². The van der Waals surface area contributed by atoms with Crippen LogP contribution in [-0.2, 0) is 131 Å². The fourth-order valence-corrected chi connectivity index (χ4v) is 17.2. The summed E-state index contributed by atoms with van der Waals surface area (Å²) in [6, 6.07) is 56.6. The van der Waals surface area contributed by atoms with E-state index in [1.807, 2.05) is 127 Å². The van der Waals surface area contributed by atoms with E-state index in [0.29, 0.717) is 89.7 Å². The molecule has 8 atom stereocenters. The van der Waals surface area contributed by atoms with Crippen LogP contribution in [-0.4, -0.2) is 137 Å². The predicted octanol–water partition coefficient (Wildman–Crippen LogP) is 14.8. The quantitative estimate of drug-likeness (QED) is 0.0238. The van der Waals surface area contributed by atoms with Crippen LogP contribution in [0.2, 0.25) is 0 Å². The molecule has 3 fully saturated rings. The van der Waals surface area contributed by atoms with Crippen molar-refractivity contribution in [2.45, 2.75) is 255 Å². The minimum atomic E-state index is -1.46. The standard InChI is InChI=1S/C46H56N4O10.C33H35NO6.C26H29NO6/c1-5-13-35(41(53)43(55)47-28-38(52)50-40(32-17-10-7-11-18-32)45(57)60-46(2,3)4)48-42(54)36-27-30-14-12-19-34(26-30)58-33-23-20-29(21-24-33)22-25-37(51)49-39(44(56)59-36)31-15-8-6-9-16-31;35-30-19-16-23-14-17-27(18-15-23)39-28-13-7-10-25(20-28)21-29(32(36)38-22-24-8-3-1-4-9-24)40-33(37)31(34-30)26-11-5-2-6-12-26;28-23-14-11-17-9-12-20(13-10-17)32-21-8-4-5-18(15-21)16-22(25(29)30)33-26(31)24(27-23)19-6-2-1-3-7-19/h7,10-12,14,17-21,23-24,26,31,35-36,39-40H,5-6,8-9,13,15-16,22,25,27-28H2,1-4H3,(H,47,55)(H,48,54)(H,49,51)(H,50,52);1,3-4,7-10,13-15,17-18,20,26,29,31H,2,5-6,11-12,16,19,21-22H2,(H,34,35);4-5,8-10,12-13,15,19,22,24H,1-3,6-7,11,14,16H2,(H,27,28)(H,29,30)/t35?,36-,39+,40+;29-,31+;22-,24+/m111/s1. The number of benzene rings is 8. The molecule has 0 aromatic heterocycles. The Morgan fingerprint density at radius 3 is 1.21 bits per heavy atom. The molecule has 3 saturated carbocycles. The summed E-state index contributed by atoms with van der Waals surface area (Å²) in [4.78, 5) is 172. The number of hydrogen-bond donors (Lipinski definition) is 7. The molecule has 12 bridgehead atoms. The number of esters is 5. The Hall–Kier alpha value is -13.5. The second-order valence-electron chi connectivity index (χ2n) is 35.7. The number of carboxylic acids is 1. The molecule has 3 aliphatic carbocycles. The van der Waals surface area contributed by atoms with E-state index in [1.54, 1.807) is 107 Å². The average Bonchev–Trinajstić information content (AvgIpc) is 1.47. The first kappa shape index (κ1) is 98.5. The number of nitrogens with one attached hydrogen (secondary N) is 6. The summed E-state index contributed by atoms with van der Waals surface area (Å²) in [5, 5.41) is 25.9. The molecule has 702 valence electrons. The average molecular weight is 1820 g/mol. The zero-order valence-electron chi connectivity index (χ0n) is 75.8. The Balaban J connectivity index is 0.000000189. The lowest BCUT2D eigenvalue weighted by Crippen LogP contribution is -2.53. The summed E-state index contributed by atoms with van der Waals surface area (Å²) >= 11 is 0. The topological polar surface area (TPSA) is 388 Å². The van der Waals surface area contributed by atoms with Crippen LogP contribution in [0.15, 0.2) is 206 Å². The number of ketones is 1. The first-order chi connectivity index (χ1) is 64.2. The van der Waals surface area contributed by atoms with E-state index in [1.165, 1.54) is 0 Å². The Morgan fingerprint density at radius 1 is 0.429 bits per heavy atom. The highest BCUT2D eigenvalue weighted by Crippen LogP contribution is 2.35. The number of aryl methyl sites for hydroxylation is 3. The molecule has 133 heavy (non-hydrogen) atoms. The number of amides is 6. The van der Waals surface area contributed by atoms with Gasteiger partial charge in [-0.25, -0.2) is 28.8 Å². The second-order valence-corrected chi connectivity index (χ2v) is 35.7. The highest BCUT2D eigenvalue weighted by molar-refractivity contribution is 6.38. The second kappa shape index (κ2) is 49.1. The van der Waals surface area contributed by atoms with E-state index in [0.717, 1.165) is 111 Å². The van der Waals surface area contributed by atoms with Gasteiger partial charge in [-0.05, 0) is 220 Å². The molecular weight excluding hydrogens is 1700 g/mol. The molecule has 0 spiro atoms. The molecule has 0 saturated heterocycles. The molecule has 28 heteroatoms. The maximum absolute atomic E-state index is 14.1. The molecule has 7 N–H and O–H groups in total. The van der Waals surface area contributed by atoms with Crippen LogP contribution >= 0.6 is 0 Å². The molecule has 9 aliphatic rings. The van der Waals surface area contributed by atoms with Crippen molar-refractivity contribution in [3.05, 3.63) is 251 Å². The predicted molar refractivity (Wildman–Crippen MR) is 492 cm³/mol. The molecule has 1 unspecified atom stereocenters. The van der Waals surface area contributed by atoms with Gasteiger partial charge in [0, 0.05) is 38.5 Å². The Labute approximate surface area is 775 Å². The van der Waals surface area contributed by atoms with Gasteiger partial charge in [0.25, 0.3) is 11.8 Å². The number of carboxylic acid groups (broad SMARTS) is 1. The Morgan fingerprint density at radius 2 is 0.812 bits per heavy atom. The first-order valence-corrected chi connectivity index (χ1v) is 46.4. The third-order valence-electron chi connectivity index (χ3n) is 24.2. The van der Waals surface area contributed by atoms with E-state index in [9.17, 15) is 67.4 Å². The molecule has 8 aromatic carbocycles. The van der Waals surface area contributed by atoms with Crippen LogP contribution in [0.25, 0.3) is 0 Å². The summed E-state index contributed by atoms with van der Waals surface area (Å²) in [5.74, 6) is -5.89. The van der Waals surface area contributed by atoms with Crippen molar-refractivity contribution in [3.8, 4) is 34.5 Å². The summed E-state index contributed by atoms with van der Waals surface area (Å²) < 4.78 is 46.4. The molecule has 8 aromatic rings. The molecule has 0 radical (unpaired) electrons. The van der Waals surface area contributed by atoms with Crippen molar-refractivity contribution in [1.29, 1.82) is 0 Å². The maximum atomic E-state index is 14.1. The van der Waals surface area contributed by atoms with Crippen molar-refractivity contribution in [3.63, 3.8) is 0 Å². The zero-order chi connectivity index (χ0) is 94.2.